The number of aromatic carboxylic acids is 1. The van der Waals surface area contributed by atoms with Crippen LogP contribution in [0.25, 0.3) is 0 Å². The third-order valence-electron chi connectivity index (χ3n) is 3.76. The minimum Gasteiger partial charge on any atom is -0.478 e. The average Bonchev–Trinajstić information content (AvgIpc) is 2.64. The Morgan fingerprint density at radius 1 is 0.800 bits per heavy atom. The van der Waals surface area contributed by atoms with Gasteiger partial charge in [0.25, 0.3) is 5.91 Å². The highest BCUT2D eigenvalue weighted by atomic mass is 16.4. The van der Waals surface area contributed by atoms with Crippen LogP contribution in [0.2, 0.25) is 0 Å². The van der Waals surface area contributed by atoms with Crippen LogP contribution in [0.4, 0.5) is 5.69 Å². The Balaban J connectivity index is 1.64. The summed E-state index contributed by atoms with van der Waals surface area (Å²) in [6.07, 6.45) is 4.33. The van der Waals surface area contributed by atoms with Gasteiger partial charge in [0.05, 0.1) is 5.56 Å². The Labute approximate surface area is 145 Å². The Morgan fingerprint density at radius 3 is 1.96 bits per heavy atom. The molecule has 124 valence electrons. The van der Waals surface area contributed by atoms with Crippen LogP contribution in [-0.2, 0) is 6.42 Å². The van der Waals surface area contributed by atoms with Crippen LogP contribution < -0.4 is 5.32 Å². The fraction of sp³-hybridized carbons (Fsp3) is 0.0500. The van der Waals surface area contributed by atoms with Crippen LogP contribution in [0.15, 0.2) is 73.1 Å². The van der Waals surface area contributed by atoms with E-state index < -0.39 is 5.97 Å². The molecule has 0 bridgehead atoms. The summed E-state index contributed by atoms with van der Waals surface area (Å²) in [6, 6.07) is 17.4. The van der Waals surface area contributed by atoms with Crippen molar-refractivity contribution in [1.29, 1.82) is 0 Å². The molecule has 0 radical (unpaired) electrons. The van der Waals surface area contributed by atoms with Gasteiger partial charge in [-0.15, -0.1) is 0 Å². The molecule has 5 heteroatoms. The van der Waals surface area contributed by atoms with Gasteiger partial charge in [0.15, 0.2) is 0 Å². The first-order valence-corrected chi connectivity index (χ1v) is 7.74. The van der Waals surface area contributed by atoms with Crippen molar-refractivity contribution in [1.82, 2.24) is 4.98 Å². The SMILES string of the molecule is O=C(O)c1ccc(C(=O)Nc2ccc(Cc3ccncc3)cc2)cc1. The van der Waals surface area contributed by atoms with Gasteiger partial charge < -0.3 is 10.4 Å². The van der Waals surface area contributed by atoms with Crippen LogP contribution in [0.3, 0.4) is 0 Å². The number of hydrogen-bond donors (Lipinski definition) is 2. The summed E-state index contributed by atoms with van der Waals surface area (Å²) in [5.74, 6) is -1.30. The van der Waals surface area contributed by atoms with Gasteiger partial charge in [-0.1, -0.05) is 12.1 Å². The summed E-state index contributed by atoms with van der Waals surface area (Å²) in [7, 11) is 0. The van der Waals surface area contributed by atoms with Gasteiger partial charge >= 0.3 is 5.97 Å². The topological polar surface area (TPSA) is 79.3 Å². The zero-order valence-electron chi connectivity index (χ0n) is 13.3. The Morgan fingerprint density at radius 2 is 1.36 bits per heavy atom. The van der Waals surface area contributed by atoms with Crippen LogP contribution in [0.1, 0.15) is 31.8 Å². The molecule has 0 spiro atoms. The van der Waals surface area contributed by atoms with Crippen molar-refractivity contribution in [3.63, 3.8) is 0 Å². The van der Waals surface area contributed by atoms with Crippen LogP contribution >= 0.6 is 0 Å². The zero-order chi connectivity index (χ0) is 17.6. The number of benzene rings is 2. The molecule has 0 fully saturated rings. The number of nitrogens with one attached hydrogen (secondary N) is 1. The van der Waals surface area contributed by atoms with E-state index in [9.17, 15) is 9.59 Å². The highest BCUT2D eigenvalue weighted by Crippen LogP contribution is 2.15. The predicted molar refractivity (Wildman–Crippen MR) is 94.8 cm³/mol. The first-order valence-electron chi connectivity index (χ1n) is 7.74. The number of carbonyl (C=O) groups is 2. The molecule has 2 aromatic carbocycles. The molecule has 3 aromatic rings. The summed E-state index contributed by atoms with van der Waals surface area (Å²) in [4.78, 5) is 27.0. The number of carbonyl (C=O) groups excluding carboxylic acids is 1. The second-order valence-corrected chi connectivity index (χ2v) is 5.57. The first kappa shape index (κ1) is 16.4. The number of amides is 1. The van der Waals surface area contributed by atoms with Crippen LogP contribution in [-0.4, -0.2) is 22.0 Å². The molecule has 1 aromatic heterocycles. The van der Waals surface area contributed by atoms with E-state index in [4.69, 9.17) is 5.11 Å². The molecule has 1 amide bonds. The monoisotopic (exact) mass is 332 g/mol. The molecule has 25 heavy (non-hydrogen) atoms. The minimum atomic E-state index is -1.02. The number of rotatable bonds is 5. The summed E-state index contributed by atoms with van der Waals surface area (Å²) in [6.45, 7) is 0. The average molecular weight is 332 g/mol. The molecule has 0 saturated heterocycles. The van der Waals surface area contributed by atoms with E-state index in [-0.39, 0.29) is 11.5 Å². The van der Waals surface area contributed by atoms with Gasteiger partial charge in [-0.3, -0.25) is 9.78 Å². The smallest absolute Gasteiger partial charge is 0.335 e. The van der Waals surface area contributed by atoms with Crippen molar-refractivity contribution in [2.75, 3.05) is 5.32 Å². The largest absolute Gasteiger partial charge is 0.478 e. The molecule has 0 aliphatic rings. The lowest BCUT2D eigenvalue weighted by atomic mass is 10.1. The molecular formula is C20H16N2O3. The molecule has 2 N–H and O–H groups in total. The lowest BCUT2D eigenvalue weighted by Crippen LogP contribution is -2.12. The van der Waals surface area contributed by atoms with Crippen LogP contribution in [0.5, 0.6) is 0 Å². The fourth-order valence-electron chi connectivity index (χ4n) is 2.41. The standard InChI is InChI=1S/C20H16N2O3/c23-19(16-3-5-17(6-4-16)20(24)25)22-18-7-1-14(2-8-18)13-15-9-11-21-12-10-15/h1-12H,13H2,(H,22,23)(H,24,25). The maximum absolute atomic E-state index is 12.2. The Hall–Kier alpha value is -3.47. The maximum Gasteiger partial charge on any atom is 0.335 e. The molecule has 0 atom stereocenters. The number of anilines is 1. The van der Waals surface area contributed by atoms with Gasteiger partial charge in [-0.2, -0.15) is 0 Å². The van der Waals surface area contributed by atoms with E-state index in [1.165, 1.54) is 29.8 Å². The lowest BCUT2D eigenvalue weighted by molar-refractivity contribution is 0.0696. The number of carboxylic acid groups (broad SMARTS) is 1. The van der Waals surface area contributed by atoms with Gasteiger partial charge in [0, 0.05) is 23.6 Å². The molecule has 1 heterocycles. The Bertz CT molecular complexity index is 873. The molecule has 3 rings (SSSR count). The highest BCUT2D eigenvalue weighted by molar-refractivity contribution is 6.04. The third kappa shape index (κ3) is 4.29. The fourth-order valence-corrected chi connectivity index (χ4v) is 2.41. The van der Waals surface area contributed by atoms with Crippen molar-refractivity contribution in [2.24, 2.45) is 0 Å². The van der Waals surface area contributed by atoms with E-state index in [2.05, 4.69) is 10.3 Å². The normalized spacial score (nSPS) is 10.2. The third-order valence-corrected chi connectivity index (χ3v) is 3.76. The van der Waals surface area contributed by atoms with Crippen LogP contribution in [0, 0.1) is 0 Å². The van der Waals surface area contributed by atoms with E-state index in [1.54, 1.807) is 12.4 Å². The van der Waals surface area contributed by atoms with Crippen molar-refractivity contribution < 1.29 is 14.7 Å². The van der Waals surface area contributed by atoms with E-state index in [0.717, 1.165) is 12.0 Å². The number of aromatic nitrogens is 1. The van der Waals surface area contributed by atoms with Crippen molar-refractivity contribution in [3.8, 4) is 0 Å². The predicted octanol–water partition coefficient (Wildman–Crippen LogP) is 3.62. The van der Waals surface area contributed by atoms with Gasteiger partial charge in [0.1, 0.15) is 0 Å². The number of hydrogen-bond acceptors (Lipinski definition) is 3. The summed E-state index contributed by atoms with van der Waals surface area (Å²) in [5, 5.41) is 11.7. The first-order chi connectivity index (χ1) is 12.1. The minimum absolute atomic E-state index is 0.150. The van der Waals surface area contributed by atoms with Gasteiger partial charge in [-0.25, -0.2) is 4.79 Å². The quantitative estimate of drug-likeness (QED) is 0.748. The second-order valence-electron chi connectivity index (χ2n) is 5.57. The Kier molecular flexibility index (Phi) is 4.85. The number of carboxylic acids is 1. The van der Waals surface area contributed by atoms with Crippen molar-refractivity contribution in [2.45, 2.75) is 6.42 Å². The van der Waals surface area contributed by atoms with E-state index in [0.29, 0.717) is 11.3 Å². The molecule has 5 nitrogen and oxygen atoms in total. The van der Waals surface area contributed by atoms with E-state index >= 15 is 0 Å². The molecule has 0 aliphatic heterocycles. The molecule has 0 aliphatic carbocycles. The summed E-state index contributed by atoms with van der Waals surface area (Å²) < 4.78 is 0. The lowest BCUT2D eigenvalue weighted by Gasteiger charge is -2.07. The van der Waals surface area contributed by atoms with Crippen molar-refractivity contribution >= 4 is 17.6 Å². The van der Waals surface area contributed by atoms with Gasteiger partial charge in [0.2, 0.25) is 0 Å². The van der Waals surface area contributed by atoms with Crippen molar-refractivity contribution in [3.05, 3.63) is 95.3 Å². The number of pyridine rings is 1. The second kappa shape index (κ2) is 7.40. The molecule has 0 unspecified atom stereocenters. The zero-order valence-corrected chi connectivity index (χ0v) is 13.3. The summed E-state index contributed by atoms with van der Waals surface area (Å²) >= 11 is 0. The molecule has 0 saturated carbocycles. The highest BCUT2D eigenvalue weighted by Gasteiger charge is 2.08. The summed E-state index contributed by atoms with van der Waals surface area (Å²) in [5.41, 5.74) is 3.55. The maximum atomic E-state index is 12.2. The van der Waals surface area contributed by atoms with Gasteiger partial charge in [-0.05, 0) is 66.1 Å². The van der Waals surface area contributed by atoms with E-state index in [1.807, 2.05) is 36.4 Å². The molecular weight excluding hydrogens is 316 g/mol. The number of nitrogens with zero attached hydrogens (tertiary/aromatic N) is 1.